The van der Waals surface area contributed by atoms with E-state index in [-0.39, 0.29) is 5.41 Å². The number of sulfonamides is 1. The fourth-order valence-electron chi connectivity index (χ4n) is 2.77. The Bertz CT molecular complexity index is 639. The molecule has 0 amide bonds. The predicted octanol–water partition coefficient (Wildman–Crippen LogP) is 2.57. The van der Waals surface area contributed by atoms with Crippen molar-refractivity contribution in [3.8, 4) is 6.07 Å². The van der Waals surface area contributed by atoms with Gasteiger partial charge in [-0.1, -0.05) is 19.1 Å². The van der Waals surface area contributed by atoms with E-state index in [1.165, 1.54) is 5.56 Å². The highest BCUT2D eigenvalue weighted by Gasteiger charge is 2.29. The highest BCUT2D eigenvalue weighted by molar-refractivity contribution is 7.92. The zero-order valence-electron chi connectivity index (χ0n) is 13.2. The molecule has 2 rings (SSSR count). The van der Waals surface area contributed by atoms with Crippen molar-refractivity contribution in [1.82, 2.24) is 4.90 Å². The molecule has 0 bridgehead atoms. The predicted molar refractivity (Wildman–Crippen MR) is 87.8 cm³/mol. The fourth-order valence-corrected chi connectivity index (χ4v) is 3.33. The number of nitriles is 1. The molecule has 0 unspecified atom stereocenters. The number of benzene rings is 1. The SMILES string of the molecule is CC1(CC#N)CCN(Cc2ccc(NS(C)(=O)=O)cc2)CC1. The second-order valence-corrected chi connectivity index (χ2v) is 8.24. The summed E-state index contributed by atoms with van der Waals surface area (Å²) in [7, 11) is -3.22. The second-order valence-electron chi connectivity index (χ2n) is 6.49. The smallest absolute Gasteiger partial charge is 0.229 e. The summed E-state index contributed by atoms with van der Waals surface area (Å²) < 4.78 is 24.8. The Morgan fingerprint density at radius 2 is 1.86 bits per heavy atom. The molecular weight excluding hydrogens is 298 g/mol. The van der Waals surface area contributed by atoms with E-state index < -0.39 is 10.0 Å². The lowest BCUT2D eigenvalue weighted by Crippen LogP contribution is -2.38. The maximum absolute atomic E-state index is 11.2. The summed E-state index contributed by atoms with van der Waals surface area (Å²) >= 11 is 0. The lowest BCUT2D eigenvalue weighted by molar-refractivity contribution is 0.116. The minimum Gasteiger partial charge on any atom is -0.299 e. The number of likely N-dealkylation sites (tertiary alicyclic amines) is 1. The maximum Gasteiger partial charge on any atom is 0.229 e. The lowest BCUT2D eigenvalue weighted by Gasteiger charge is -2.38. The van der Waals surface area contributed by atoms with Crippen molar-refractivity contribution in [3.63, 3.8) is 0 Å². The molecule has 1 aromatic carbocycles. The molecule has 120 valence electrons. The van der Waals surface area contributed by atoms with E-state index in [0.717, 1.165) is 38.7 Å². The normalized spacial score (nSPS) is 18.6. The van der Waals surface area contributed by atoms with Crippen LogP contribution in [0.1, 0.15) is 31.7 Å². The molecular formula is C16H23N3O2S. The molecule has 1 aromatic rings. The molecule has 0 saturated carbocycles. The number of hydrogen-bond donors (Lipinski definition) is 1. The molecule has 0 spiro atoms. The van der Waals surface area contributed by atoms with Crippen molar-refractivity contribution in [1.29, 1.82) is 5.26 Å². The summed E-state index contributed by atoms with van der Waals surface area (Å²) in [5.41, 5.74) is 1.92. The topological polar surface area (TPSA) is 73.2 Å². The van der Waals surface area contributed by atoms with Gasteiger partial charge in [0.1, 0.15) is 0 Å². The van der Waals surface area contributed by atoms with Crippen LogP contribution >= 0.6 is 0 Å². The molecule has 5 nitrogen and oxygen atoms in total. The molecule has 0 atom stereocenters. The van der Waals surface area contributed by atoms with Gasteiger partial charge in [-0.05, 0) is 49.0 Å². The number of rotatable bonds is 5. The summed E-state index contributed by atoms with van der Waals surface area (Å²) in [6.07, 6.45) is 3.88. The van der Waals surface area contributed by atoms with Gasteiger partial charge in [0.05, 0.1) is 12.3 Å². The van der Waals surface area contributed by atoms with Crippen LogP contribution in [0.2, 0.25) is 0 Å². The molecule has 1 saturated heterocycles. The Hall–Kier alpha value is -1.58. The summed E-state index contributed by atoms with van der Waals surface area (Å²) in [4.78, 5) is 2.39. The first-order valence-corrected chi connectivity index (χ1v) is 9.35. The number of nitrogens with zero attached hydrogens (tertiary/aromatic N) is 2. The van der Waals surface area contributed by atoms with E-state index >= 15 is 0 Å². The Kier molecular flexibility index (Phi) is 5.09. The molecule has 0 aliphatic carbocycles. The van der Waals surface area contributed by atoms with Crippen LogP contribution in [-0.4, -0.2) is 32.7 Å². The standard InChI is InChI=1S/C16H23N3O2S/c1-16(7-10-17)8-11-19(12-9-16)13-14-3-5-15(6-4-14)18-22(2,20)21/h3-6,18H,7-9,11-13H2,1-2H3. The van der Waals surface area contributed by atoms with Crippen LogP contribution in [0.5, 0.6) is 0 Å². The van der Waals surface area contributed by atoms with Crippen LogP contribution < -0.4 is 4.72 Å². The molecule has 1 aliphatic rings. The molecule has 0 aromatic heterocycles. The van der Waals surface area contributed by atoms with Crippen LogP contribution in [0.25, 0.3) is 0 Å². The van der Waals surface area contributed by atoms with Gasteiger partial charge in [0.15, 0.2) is 0 Å². The number of hydrogen-bond acceptors (Lipinski definition) is 4. The zero-order valence-corrected chi connectivity index (χ0v) is 14.0. The Balaban J connectivity index is 1.89. The van der Waals surface area contributed by atoms with Crippen LogP contribution in [0.3, 0.4) is 0 Å². The molecule has 1 heterocycles. The molecule has 0 radical (unpaired) electrons. The van der Waals surface area contributed by atoms with Gasteiger partial charge in [0.25, 0.3) is 0 Å². The summed E-state index contributed by atoms with van der Waals surface area (Å²) in [5, 5.41) is 8.88. The largest absolute Gasteiger partial charge is 0.299 e. The third-order valence-electron chi connectivity index (χ3n) is 4.23. The third kappa shape index (κ3) is 5.00. The van der Waals surface area contributed by atoms with Gasteiger partial charge in [0.2, 0.25) is 10.0 Å². The second kappa shape index (κ2) is 6.67. The van der Waals surface area contributed by atoms with E-state index in [9.17, 15) is 8.42 Å². The van der Waals surface area contributed by atoms with E-state index in [0.29, 0.717) is 12.1 Å². The molecule has 1 aliphatic heterocycles. The van der Waals surface area contributed by atoms with Gasteiger partial charge in [-0.2, -0.15) is 5.26 Å². The average molecular weight is 321 g/mol. The van der Waals surface area contributed by atoms with Gasteiger partial charge in [-0.3, -0.25) is 9.62 Å². The highest BCUT2D eigenvalue weighted by atomic mass is 32.2. The third-order valence-corrected chi connectivity index (χ3v) is 4.84. The monoisotopic (exact) mass is 321 g/mol. The van der Waals surface area contributed by atoms with E-state index in [2.05, 4.69) is 22.6 Å². The minimum atomic E-state index is -3.22. The van der Waals surface area contributed by atoms with Crippen LogP contribution in [-0.2, 0) is 16.6 Å². The van der Waals surface area contributed by atoms with E-state index in [4.69, 9.17) is 5.26 Å². The summed E-state index contributed by atoms with van der Waals surface area (Å²) in [6.45, 7) is 5.06. The minimum absolute atomic E-state index is 0.161. The van der Waals surface area contributed by atoms with Crippen molar-refractivity contribution in [2.45, 2.75) is 32.7 Å². The Morgan fingerprint density at radius 1 is 1.27 bits per heavy atom. The number of nitrogens with one attached hydrogen (secondary N) is 1. The van der Waals surface area contributed by atoms with E-state index in [1.54, 1.807) is 12.1 Å². The van der Waals surface area contributed by atoms with Crippen molar-refractivity contribution >= 4 is 15.7 Å². The van der Waals surface area contributed by atoms with Gasteiger partial charge in [-0.25, -0.2) is 8.42 Å². The van der Waals surface area contributed by atoms with Gasteiger partial charge >= 0.3 is 0 Å². The number of piperidine rings is 1. The lowest BCUT2D eigenvalue weighted by atomic mass is 9.78. The van der Waals surface area contributed by atoms with Crippen LogP contribution in [0, 0.1) is 16.7 Å². The molecule has 6 heteroatoms. The van der Waals surface area contributed by atoms with E-state index in [1.807, 2.05) is 12.1 Å². The summed E-state index contributed by atoms with van der Waals surface area (Å²) in [6, 6.07) is 9.79. The van der Waals surface area contributed by atoms with Gasteiger partial charge in [0, 0.05) is 18.7 Å². The molecule has 1 fully saturated rings. The van der Waals surface area contributed by atoms with Gasteiger partial charge in [-0.15, -0.1) is 0 Å². The summed E-state index contributed by atoms with van der Waals surface area (Å²) in [5.74, 6) is 0. The first kappa shape index (κ1) is 16.8. The van der Waals surface area contributed by atoms with Crippen molar-refractivity contribution < 1.29 is 8.42 Å². The number of anilines is 1. The van der Waals surface area contributed by atoms with Crippen molar-refractivity contribution in [2.24, 2.45) is 5.41 Å². The average Bonchev–Trinajstić information content (AvgIpc) is 2.42. The van der Waals surface area contributed by atoms with Crippen molar-refractivity contribution in [3.05, 3.63) is 29.8 Å². The Labute approximate surface area is 133 Å². The first-order valence-electron chi connectivity index (χ1n) is 7.46. The Morgan fingerprint density at radius 3 is 2.36 bits per heavy atom. The molecule has 22 heavy (non-hydrogen) atoms. The highest BCUT2D eigenvalue weighted by Crippen LogP contribution is 2.34. The quantitative estimate of drug-likeness (QED) is 0.904. The fraction of sp³-hybridized carbons (Fsp3) is 0.562. The zero-order chi connectivity index (χ0) is 16.2. The van der Waals surface area contributed by atoms with Crippen LogP contribution in [0.4, 0.5) is 5.69 Å². The molecule has 1 N–H and O–H groups in total. The van der Waals surface area contributed by atoms with Gasteiger partial charge < -0.3 is 0 Å². The van der Waals surface area contributed by atoms with Crippen molar-refractivity contribution in [2.75, 3.05) is 24.1 Å². The van der Waals surface area contributed by atoms with Crippen LogP contribution in [0.15, 0.2) is 24.3 Å². The first-order chi connectivity index (χ1) is 10.3. The maximum atomic E-state index is 11.2.